The molecule has 0 radical (unpaired) electrons. The van der Waals surface area contributed by atoms with Crippen molar-refractivity contribution in [3.8, 4) is 0 Å². The van der Waals surface area contributed by atoms with Crippen LogP contribution in [0.5, 0.6) is 0 Å². The van der Waals surface area contributed by atoms with E-state index < -0.39 is 17.4 Å². The first-order chi connectivity index (χ1) is 9.74. The summed E-state index contributed by atoms with van der Waals surface area (Å²) >= 11 is 0. The number of amides is 2. The van der Waals surface area contributed by atoms with Gasteiger partial charge in [0, 0.05) is 19.2 Å². The van der Waals surface area contributed by atoms with Gasteiger partial charge in [0.25, 0.3) is 0 Å². The van der Waals surface area contributed by atoms with E-state index in [0.29, 0.717) is 0 Å². The largest absolute Gasteiger partial charge is 0.375 e. The average Bonchev–Trinajstić information content (AvgIpc) is 2.39. The lowest BCUT2D eigenvalue weighted by atomic mass is 10.0. The highest BCUT2D eigenvalue weighted by Crippen LogP contribution is 2.19. The molecule has 1 aromatic rings. The topological polar surface area (TPSA) is 67.4 Å². The van der Waals surface area contributed by atoms with Gasteiger partial charge < -0.3 is 15.4 Å². The lowest BCUT2D eigenvalue weighted by molar-refractivity contribution is -0.140. The Bertz CT molecular complexity index is 506. The Morgan fingerprint density at radius 1 is 1.19 bits per heavy atom. The third-order valence-corrected chi connectivity index (χ3v) is 2.96. The van der Waals surface area contributed by atoms with Crippen LogP contribution in [-0.2, 0) is 14.3 Å². The van der Waals surface area contributed by atoms with E-state index in [-0.39, 0.29) is 12.6 Å². The van der Waals surface area contributed by atoms with Crippen LogP contribution in [0.1, 0.15) is 38.0 Å². The van der Waals surface area contributed by atoms with Gasteiger partial charge in [-0.3, -0.25) is 9.59 Å². The second-order valence-corrected chi connectivity index (χ2v) is 6.00. The molecule has 0 saturated heterocycles. The van der Waals surface area contributed by atoms with Crippen molar-refractivity contribution in [1.82, 2.24) is 10.6 Å². The molecule has 0 aliphatic rings. The normalized spacial score (nSPS) is 12.6. The van der Waals surface area contributed by atoms with Crippen LogP contribution in [0.25, 0.3) is 0 Å². The van der Waals surface area contributed by atoms with Crippen LogP contribution in [0.2, 0.25) is 0 Å². The van der Waals surface area contributed by atoms with Crippen molar-refractivity contribution in [2.24, 2.45) is 0 Å². The molecule has 5 heteroatoms. The van der Waals surface area contributed by atoms with Crippen molar-refractivity contribution >= 4 is 11.8 Å². The van der Waals surface area contributed by atoms with Gasteiger partial charge in [0.2, 0.25) is 0 Å². The van der Waals surface area contributed by atoms with Gasteiger partial charge >= 0.3 is 11.8 Å². The van der Waals surface area contributed by atoms with Crippen LogP contribution >= 0.6 is 0 Å². The molecule has 0 saturated carbocycles. The van der Waals surface area contributed by atoms with Crippen LogP contribution in [0.4, 0.5) is 0 Å². The Labute approximate surface area is 126 Å². The summed E-state index contributed by atoms with van der Waals surface area (Å²) in [5.74, 6) is -1.29. The van der Waals surface area contributed by atoms with Crippen molar-refractivity contribution in [3.05, 3.63) is 35.4 Å². The van der Waals surface area contributed by atoms with Gasteiger partial charge in [0.15, 0.2) is 0 Å². The number of ether oxygens (including phenoxy) is 1. The van der Waals surface area contributed by atoms with Crippen molar-refractivity contribution in [2.75, 3.05) is 13.7 Å². The smallest absolute Gasteiger partial charge is 0.309 e. The molecule has 0 aliphatic carbocycles. The Morgan fingerprint density at radius 2 is 1.81 bits per heavy atom. The molecule has 116 valence electrons. The molecule has 2 amide bonds. The monoisotopic (exact) mass is 292 g/mol. The zero-order chi connectivity index (χ0) is 16.0. The molecule has 21 heavy (non-hydrogen) atoms. The molecular formula is C16H24N2O3. The highest BCUT2D eigenvalue weighted by molar-refractivity contribution is 6.35. The van der Waals surface area contributed by atoms with Crippen LogP contribution in [0.3, 0.4) is 0 Å². The molecule has 2 N–H and O–H groups in total. The summed E-state index contributed by atoms with van der Waals surface area (Å²) in [6, 6.07) is 7.80. The number of hydrogen-bond acceptors (Lipinski definition) is 3. The van der Waals surface area contributed by atoms with Gasteiger partial charge in [-0.25, -0.2) is 0 Å². The van der Waals surface area contributed by atoms with Gasteiger partial charge in [0.1, 0.15) is 0 Å². The summed E-state index contributed by atoms with van der Waals surface area (Å²) in [4.78, 5) is 23.5. The van der Waals surface area contributed by atoms with Gasteiger partial charge in [-0.1, -0.05) is 24.3 Å². The molecule has 1 atom stereocenters. The van der Waals surface area contributed by atoms with E-state index in [0.717, 1.165) is 11.1 Å². The Morgan fingerprint density at radius 3 is 2.33 bits per heavy atom. The number of methoxy groups -OCH3 is 1. The minimum atomic E-state index is -0.652. The third kappa shape index (κ3) is 5.55. The predicted molar refractivity (Wildman–Crippen MR) is 81.8 cm³/mol. The fourth-order valence-electron chi connectivity index (χ4n) is 1.93. The molecule has 1 unspecified atom stereocenters. The van der Waals surface area contributed by atoms with E-state index in [1.807, 2.05) is 52.0 Å². The summed E-state index contributed by atoms with van der Waals surface area (Å²) in [5, 5.41) is 5.23. The van der Waals surface area contributed by atoms with Crippen LogP contribution in [0.15, 0.2) is 24.3 Å². The van der Waals surface area contributed by atoms with Crippen molar-refractivity contribution in [3.63, 3.8) is 0 Å². The number of rotatable bonds is 4. The zero-order valence-corrected chi connectivity index (χ0v) is 13.3. The molecule has 5 nitrogen and oxygen atoms in total. The summed E-state index contributed by atoms with van der Waals surface area (Å²) < 4.78 is 5.40. The maximum Gasteiger partial charge on any atom is 0.309 e. The number of hydrogen-bond donors (Lipinski definition) is 2. The maximum atomic E-state index is 11.8. The quantitative estimate of drug-likeness (QED) is 0.830. The van der Waals surface area contributed by atoms with E-state index in [4.69, 9.17) is 4.74 Å². The summed E-state index contributed by atoms with van der Waals surface area (Å²) in [7, 11) is 1.58. The molecule has 0 aliphatic heterocycles. The molecule has 0 heterocycles. The fourth-order valence-corrected chi connectivity index (χ4v) is 1.93. The molecular weight excluding hydrogens is 268 g/mol. The average molecular weight is 292 g/mol. The van der Waals surface area contributed by atoms with E-state index in [1.54, 1.807) is 7.11 Å². The summed E-state index contributed by atoms with van der Waals surface area (Å²) in [5.41, 5.74) is 1.64. The van der Waals surface area contributed by atoms with E-state index in [2.05, 4.69) is 10.6 Å². The number of aryl methyl sites for hydroxylation is 1. The first-order valence-electron chi connectivity index (χ1n) is 6.93. The lowest BCUT2D eigenvalue weighted by Crippen LogP contribution is -2.48. The van der Waals surface area contributed by atoms with Crippen molar-refractivity contribution < 1.29 is 14.3 Å². The lowest BCUT2D eigenvalue weighted by Gasteiger charge is -2.21. The molecule has 1 aromatic carbocycles. The Kier molecular flexibility index (Phi) is 5.90. The first kappa shape index (κ1) is 17.2. The number of benzene rings is 1. The van der Waals surface area contributed by atoms with Crippen molar-refractivity contribution in [1.29, 1.82) is 0 Å². The zero-order valence-electron chi connectivity index (χ0n) is 13.3. The highest BCUT2D eigenvalue weighted by atomic mass is 16.5. The second kappa shape index (κ2) is 7.22. The van der Waals surface area contributed by atoms with Gasteiger partial charge in [-0.15, -0.1) is 0 Å². The standard InChI is InChI=1S/C16H24N2O3/c1-11-8-6-7-9-12(11)13(21-5)10-17-14(19)15(20)18-16(2,3)4/h6-9,13H,10H2,1-5H3,(H,17,19)(H,18,20). The molecule has 0 spiro atoms. The van der Waals surface area contributed by atoms with Crippen LogP contribution in [-0.4, -0.2) is 31.0 Å². The second-order valence-electron chi connectivity index (χ2n) is 6.00. The number of carbonyl (C=O) groups is 2. The number of nitrogens with one attached hydrogen (secondary N) is 2. The molecule has 1 rings (SSSR count). The van der Waals surface area contributed by atoms with Crippen LogP contribution in [0, 0.1) is 6.92 Å². The van der Waals surface area contributed by atoms with Gasteiger partial charge in [-0.05, 0) is 38.8 Å². The minimum Gasteiger partial charge on any atom is -0.375 e. The third-order valence-electron chi connectivity index (χ3n) is 2.96. The molecule has 0 bridgehead atoms. The predicted octanol–water partition coefficient (Wildman–Crippen LogP) is 1.71. The molecule has 0 fully saturated rings. The minimum absolute atomic E-state index is 0.248. The fraction of sp³-hybridized carbons (Fsp3) is 0.500. The first-order valence-corrected chi connectivity index (χ1v) is 6.93. The van der Waals surface area contributed by atoms with Crippen molar-refractivity contribution in [2.45, 2.75) is 39.3 Å². The molecule has 0 aromatic heterocycles. The number of carbonyl (C=O) groups excluding carboxylic acids is 2. The SMILES string of the molecule is COC(CNC(=O)C(=O)NC(C)(C)C)c1ccccc1C. The Hall–Kier alpha value is -1.88. The maximum absolute atomic E-state index is 11.8. The van der Waals surface area contributed by atoms with E-state index in [1.165, 1.54) is 0 Å². The highest BCUT2D eigenvalue weighted by Gasteiger charge is 2.21. The van der Waals surface area contributed by atoms with E-state index >= 15 is 0 Å². The van der Waals surface area contributed by atoms with Gasteiger partial charge in [0.05, 0.1) is 6.10 Å². The van der Waals surface area contributed by atoms with E-state index in [9.17, 15) is 9.59 Å². The summed E-state index contributed by atoms with van der Waals surface area (Å²) in [6.07, 6.45) is -0.280. The summed E-state index contributed by atoms with van der Waals surface area (Å²) in [6.45, 7) is 7.70. The van der Waals surface area contributed by atoms with Crippen LogP contribution < -0.4 is 10.6 Å². The van der Waals surface area contributed by atoms with Gasteiger partial charge in [-0.2, -0.15) is 0 Å². The Balaban J connectivity index is 2.62.